The Kier molecular flexibility index (Phi) is 5.26. The molecule has 0 fully saturated rings. The Hall–Kier alpha value is -3.82. The van der Waals surface area contributed by atoms with Gasteiger partial charge < -0.3 is 10.6 Å². The van der Waals surface area contributed by atoms with Crippen molar-refractivity contribution in [2.75, 3.05) is 10.6 Å². The second-order valence-corrected chi connectivity index (χ2v) is 5.38. The lowest BCUT2D eigenvalue weighted by Crippen LogP contribution is -2.15. The van der Waals surface area contributed by atoms with E-state index >= 15 is 0 Å². The highest BCUT2D eigenvalue weighted by atomic mass is 16.6. The number of hydrogen-bond acceptors (Lipinski definition) is 6. The minimum absolute atomic E-state index is 0.289. The molecule has 0 atom stereocenters. The molecule has 26 heavy (non-hydrogen) atoms. The van der Waals surface area contributed by atoms with Crippen LogP contribution in [0.25, 0.3) is 0 Å². The minimum Gasteiger partial charge on any atom is -0.326 e. The van der Waals surface area contributed by atoms with Crippen LogP contribution in [0, 0.1) is 27.2 Å². The number of carbonyl (C=O) groups is 2. The highest BCUT2D eigenvalue weighted by molar-refractivity contribution is 6.07. The molecule has 0 spiro atoms. The Morgan fingerprint density at radius 2 is 1.65 bits per heavy atom. The van der Waals surface area contributed by atoms with Crippen molar-refractivity contribution in [2.24, 2.45) is 0 Å². The first kappa shape index (κ1) is 18.5. The van der Waals surface area contributed by atoms with Gasteiger partial charge in [-0.1, -0.05) is 6.07 Å². The van der Waals surface area contributed by atoms with Crippen molar-refractivity contribution >= 4 is 34.6 Å². The van der Waals surface area contributed by atoms with E-state index in [1.807, 2.05) is 0 Å². The maximum atomic E-state index is 12.4. The third-order valence-corrected chi connectivity index (χ3v) is 3.44. The normalized spacial score (nSPS) is 10.1. The summed E-state index contributed by atoms with van der Waals surface area (Å²) in [4.78, 5) is 43.8. The summed E-state index contributed by atoms with van der Waals surface area (Å²) in [6.07, 6.45) is 0. The van der Waals surface area contributed by atoms with Crippen LogP contribution in [0.3, 0.4) is 0 Å². The summed E-state index contributed by atoms with van der Waals surface area (Å²) in [5, 5.41) is 27.0. The van der Waals surface area contributed by atoms with Crippen molar-refractivity contribution in [2.45, 2.75) is 13.8 Å². The third-order valence-electron chi connectivity index (χ3n) is 3.44. The first-order valence-electron chi connectivity index (χ1n) is 7.31. The predicted octanol–water partition coefficient (Wildman–Crippen LogP) is 3.02. The van der Waals surface area contributed by atoms with E-state index in [0.29, 0.717) is 11.4 Å². The van der Waals surface area contributed by atoms with Gasteiger partial charge in [-0.25, -0.2) is 0 Å². The molecule has 0 heterocycles. The van der Waals surface area contributed by atoms with Crippen LogP contribution in [0.15, 0.2) is 36.4 Å². The number of benzene rings is 2. The molecule has 2 aromatic rings. The molecule has 0 aliphatic rings. The monoisotopic (exact) mass is 358 g/mol. The Morgan fingerprint density at radius 1 is 0.962 bits per heavy atom. The SMILES string of the molecule is CC(=O)Nc1cc(NC(=O)c2ccc([N+](=O)[O-])cc2[N+](=O)[O-])ccc1C. The molecule has 134 valence electrons. The highest BCUT2D eigenvalue weighted by Gasteiger charge is 2.24. The molecule has 2 aromatic carbocycles. The lowest BCUT2D eigenvalue weighted by molar-refractivity contribution is -0.394. The Bertz CT molecular complexity index is 925. The molecular weight excluding hydrogens is 344 g/mol. The van der Waals surface area contributed by atoms with E-state index in [-0.39, 0.29) is 11.5 Å². The Balaban J connectivity index is 2.34. The van der Waals surface area contributed by atoms with E-state index in [1.165, 1.54) is 13.0 Å². The second-order valence-electron chi connectivity index (χ2n) is 5.38. The summed E-state index contributed by atoms with van der Waals surface area (Å²) in [6, 6.07) is 7.49. The molecule has 0 saturated carbocycles. The van der Waals surface area contributed by atoms with E-state index in [9.17, 15) is 29.8 Å². The number of amides is 2. The van der Waals surface area contributed by atoms with Gasteiger partial charge in [-0.05, 0) is 30.7 Å². The van der Waals surface area contributed by atoms with Crippen LogP contribution >= 0.6 is 0 Å². The fraction of sp³-hybridized carbons (Fsp3) is 0.125. The zero-order valence-corrected chi connectivity index (χ0v) is 13.8. The van der Waals surface area contributed by atoms with Gasteiger partial charge in [-0.3, -0.25) is 29.8 Å². The highest BCUT2D eigenvalue weighted by Crippen LogP contribution is 2.26. The van der Waals surface area contributed by atoms with Gasteiger partial charge >= 0.3 is 0 Å². The van der Waals surface area contributed by atoms with Gasteiger partial charge in [0.25, 0.3) is 17.3 Å². The molecule has 0 bridgehead atoms. The first-order chi connectivity index (χ1) is 12.2. The quantitative estimate of drug-likeness (QED) is 0.621. The average molecular weight is 358 g/mol. The van der Waals surface area contributed by atoms with Crippen LogP contribution < -0.4 is 10.6 Å². The van der Waals surface area contributed by atoms with Gasteiger partial charge in [0, 0.05) is 24.4 Å². The van der Waals surface area contributed by atoms with Gasteiger partial charge in [0.1, 0.15) is 5.56 Å². The van der Waals surface area contributed by atoms with Gasteiger partial charge in [0.05, 0.1) is 15.9 Å². The molecular formula is C16H14N4O6. The molecule has 2 N–H and O–H groups in total. The predicted molar refractivity (Wildman–Crippen MR) is 93.2 cm³/mol. The van der Waals surface area contributed by atoms with Crippen molar-refractivity contribution < 1.29 is 19.4 Å². The summed E-state index contributed by atoms with van der Waals surface area (Å²) in [5.41, 5.74) is 0.0645. The second kappa shape index (κ2) is 7.38. The van der Waals surface area contributed by atoms with Gasteiger partial charge in [-0.2, -0.15) is 0 Å². The molecule has 0 radical (unpaired) electrons. The smallest absolute Gasteiger partial charge is 0.289 e. The summed E-state index contributed by atoms with van der Waals surface area (Å²) in [7, 11) is 0. The van der Waals surface area contributed by atoms with E-state index in [2.05, 4.69) is 10.6 Å². The summed E-state index contributed by atoms with van der Waals surface area (Å²) in [5.74, 6) is -1.09. The number of anilines is 2. The molecule has 0 aromatic heterocycles. The summed E-state index contributed by atoms with van der Waals surface area (Å²) >= 11 is 0. The minimum atomic E-state index is -0.861. The zero-order chi connectivity index (χ0) is 19.4. The summed E-state index contributed by atoms with van der Waals surface area (Å²) in [6.45, 7) is 3.10. The molecule has 0 unspecified atom stereocenters. The standard InChI is InChI=1S/C16H14N4O6/c1-9-3-4-11(7-14(9)17-10(2)21)18-16(22)13-6-5-12(19(23)24)8-15(13)20(25)26/h3-8H,1-2H3,(H,17,21)(H,18,22). The first-order valence-corrected chi connectivity index (χ1v) is 7.31. The number of nitro benzene ring substituents is 2. The largest absolute Gasteiger partial charge is 0.326 e. The van der Waals surface area contributed by atoms with E-state index < -0.39 is 27.1 Å². The maximum absolute atomic E-state index is 12.4. The number of aryl methyl sites for hydroxylation is 1. The van der Waals surface area contributed by atoms with Crippen LogP contribution in [-0.2, 0) is 4.79 Å². The van der Waals surface area contributed by atoms with E-state index in [4.69, 9.17) is 0 Å². The van der Waals surface area contributed by atoms with E-state index in [1.54, 1.807) is 19.1 Å². The number of nitro groups is 2. The summed E-state index contributed by atoms with van der Waals surface area (Å²) < 4.78 is 0. The lowest BCUT2D eigenvalue weighted by Gasteiger charge is -2.10. The van der Waals surface area contributed by atoms with E-state index in [0.717, 1.165) is 23.8 Å². The third kappa shape index (κ3) is 4.17. The molecule has 0 aliphatic heterocycles. The maximum Gasteiger partial charge on any atom is 0.289 e. The lowest BCUT2D eigenvalue weighted by atomic mass is 10.1. The van der Waals surface area contributed by atoms with Crippen molar-refractivity contribution in [1.82, 2.24) is 0 Å². The fourth-order valence-corrected chi connectivity index (χ4v) is 2.20. The molecule has 10 nitrogen and oxygen atoms in total. The number of non-ortho nitro benzene ring substituents is 1. The van der Waals surface area contributed by atoms with Crippen molar-refractivity contribution in [3.63, 3.8) is 0 Å². The number of nitrogens with zero attached hydrogens (tertiary/aromatic N) is 2. The number of rotatable bonds is 5. The molecule has 2 rings (SSSR count). The molecule has 0 aliphatic carbocycles. The number of nitrogens with one attached hydrogen (secondary N) is 2. The van der Waals surface area contributed by atoms with Crippen molar-refractivity contribution in [3.05, 3.63) is 67.8 Å². The van der Waals surface area contributed by atoms with Crippen LogP contribution in [-0.4, -0.2) is 21.7 Å². The van der Waals surface area contributed by atoms with Gasteiger partial charge in [0.15, 0.2) is 0 Å². The topological polar surface area (TPSA) is 144 Å². The fourth-order valence-electron chi connectivity index (χ4n) is 2.20. The molecule has 2 amide bonds. The molecule has 0 saturated heterocycles. The molecule has 10 heteroatoms. The zero-order valence-electron chi connectivity index (χ0n) is 13.8. The Labute approximate surface area is 147 Å². The van der Waals surface area contributed by atoms with Gasteiger partial charge in [-0.15, -0.1) is 0 Å². The number of hydrogen-bond donors (Lipinski definition) is 2. The van der Waals surface area contributed by atoms with Crippen LogP contribution in [0.2, 0.25) is 0 Å². The number of carbonyl (C=O) groups excluding carboxylic acids is 2. The van der Waals surface area contributed by atoms with Crippen molar-refractivity contribution in [3.8, 4) is 0 Å². The van der Waals surface area contributed by atoms with Crippen LogP contribution in [0.4, 0.5) is 22.7 Å². The average Bonchev–Trinajstić information content (AvgIpc) is 2.56. The van der Waals surface area contributed by atoms with Gasteiger partial charge in [0.2, 0.25) is 5.91 Å². The van der Waals surface area contributed by atoms with Crippen LogP contribution in [0.1, 0.15) is 22.8 Å². The van der Waals surface area contributed by atoms with Crippen LogP contribution in [0.5, 0.6) is 0 Å². The Morgan fingerprint density at radius 3 is 2.23 bits per heavy atom. The van der Waals surface area contributed by atoms with Crippen molar-refractivity contribution in [1.29, 1.82) is 0 Å².